The van der Waals surface area contributed by atoms with Crippen molar-refractivity contribution < 1.29 is 13.9 Å². The van der Waals surface area contributed by atoms with Gasteiger partial charge in [0.15, 0.2) is 6.29 Å². The lowest BCUT2D eigenvalue weighted by molar-refractivity contribution is -0.121. The van der Waals surface area contributed by atoms with Gasteiger partial charge < -0.3 is 13.9 Å². The molecule has 1 heterocycles. The van der Waals surface area contributed by atoms with Crippen molar-refractivity contribution in [1.29, 1.82) is 0 Å². The summed E-state index contributed by atoms with van der Waals surface area (Å²) in [7, 11) is -0.527. The average Bonchev–Trinajstić information content (AvgIpc) is 3.09. The molecule has 1 aliphatic heterocycles. The van der Waals surface area contributed by atoms with Crippen LogP contribution >= 0.6 is 0 Å². The smallest absolute Gasteiger partial charge is 0.252 e. The zero-order valence-corrected chi connectivity index (χ0v) is 14.8. The Balaban J connectivity index is 1.79. The first-order valence-corrected chi connectivity index (χ1v) is 10.6. The van der Waals surface area contributed by atoms with E-state index >= 15 is 0 Å². The molecule has 1 aliphatic rings. The molecule has 0 bridgehead atoms. The molecule has 2 aromatic rings. The van der Waals surface area contributed by atoms with Gasteiger partial charge in [0.2, 0.25) is 0 Å². The zero-order chi connectivity index (χ0) is 16.1. The van der Waals surface area contributed by atoms with Crippen molar-refractivity contribution in [2.75, 3.05) is 13.7 Å². The van der Waals surface area contributed by atoms with Gasteiger partial charge in [-0.3, -0.25) is 0 Å². The Labute approximate surface area is 139 Å². The minimum Gasteiger partial charge on any atom is -0.406 e. The lowest BCUT2D eigenvalue weighted by atomic mass is 10.2. The molecule has 0 spiro atoms. The first kappa shape index (κ1) is 16.4. The summed E-state index contributed by atoms with van der Waals surface area (Å²) < 4.78 is 17.7. The van der Waals surface area contributed by atoms with Crippen molar-refractivity contribution in [3.63, 3.8) is 0 Å². The van der Waals surface area contributed by atoms with Gasteiger partial charge in [0, 0.05) is 13.5 Å². The average molecular weight is 328 g/mol. The summed E-state index contributed by atoms with van der Waals surface area (Å²) in [4.78, 5) is 0. The number of hydrogen-bond donors (Lipinski definition) is 0. The Morgan fingerprint density at radius 2 is 1.52 bits per heavy atom. The lowest BCUT2D eigenvalue weighted by Gasteiger charge is -2.29. The predicted molar refractivity (Wildman–Crippen MR) is 94.6 cm³/mol. The van der Waals surface area contributed by atoms with Gasteiger partial charge >= 0.3 is 0 Å². The SMILES string of the molecule is COC1CC[C@H](CO[Si](C)(c2ccccc2)c2ccccc2)O1. The number of benzene rings is 2. The summed E-state index contributed by atoms with van der Waals surface area (Å²) >= 11 is 0. The highest BCUT2D eigenvalue weighted by Crippen LogP contribution is 2.21. The van der Waals surface area contributed by atoms with E-state index in [1.54, 1.807) is 7.11 Å². The molecule has 1 fully saturated rings. The van der Waals surface area contributed by atoms with Gasteiger partial charge in [-0.15, -0.1) is 0 Å². The first-order chi connectivity index (χ1) is 11.2. The molecular weight excluding hydrogens is 304 g/mol. The second kappa shape index (κ2) is 7.40. The standard InChI is InChI=1S/C19H24O3Si/c1-20-19-14-13-16(22-19)15-21-23(2,17-9-5-3-6-10-17)18-11-7-4-8-12-18/h3-12,16,19H,13-15H2,1-2H3/t16-,19?/m1/s1. The second-order valence-corrected chi connectivity index (χ2v) is 9.59. The van der Waals surface area contributed by atoms with Gasteiger partial charge in [0.25, 0.3) is 8.32 Å². The second-order valence-electron chi connectivity index (χ2n) is 6.08. The Morgan fingerprint density at radius 3 is 2.00 bits per heavy atom. The van der Waals surface area contributed by atoms with Crippen LogP contribution in [-0.2, 0) is 13.9 Å². The highest BCUT2D eigenvalue weighted by molar-refractivity contribution is 6.96. The van der Waals surface area contributed by atoms with Gasteiger partial charge in [-0.05, 0) is 23.3 Å². The number of rotatable bonds is 6. The molecule has 0 aliphatic carbocycles. The predicted octanol–water partition coefficient (Wildman–Crippen LogP) is 2.54. The van der Waals surface area contributed by atoms with E-state index in [0.29, 0.717) is 6.61 Å². The van der Waals surface area contributed by atoms with E-state index in [2.05, 4.69) is 55.1 Å². The van der Waals surface area contributed by atoms with E-state index in [1.807, 2.05) is 12.1 Å². The van der Waals surface area contributed by atoms with E-state index in [9.17, 15) is 0 Å². The van der Waals surface area contributed by atoms with Crippen LogP contribution < -0.4 is 10.4 Å². The van der Waals surface area contributed by atoms with Crippen LogP contribution in [0.5, 0.6) is 0 Å². The molecule has 0 amide bonds. The molecule has 2 aromatic carbocycles. The van der Waals surface area contributed by atoms with E-state index in [4.69, 9.17) is 13.9 Å². The third-order valence-corrected chi connectivity index (χ3v) is 8.15. The summed E-state index contributed by atoms with van der Waals surface area (Å²) in [6.45, 7) is 2.88. The van der Waals surface area contributed by atoms with Crippen molar-refractivity contribution in [3.05, 3.63) is 60.7 Å². The van der Waals surface area contributed by atoms with E-state index < -0.39 is 8.32 Å². The topological polar surface area (TPSA) is 27.7 Å². The van der Waals surface area contributed by atoms with Crippen molar-refractivity contribution >= 4 is 18.7 Å². The highest BCUT2D eigenvalue weighted by Gasteiger charge is 2.36. The molecule has 0 saturated carbocycles. The quantitative estimate of drug-likeness (QED) is 0.763. The largest absolute Gasteiger partial charge is 0.406 e. The molecule has 0 N–H and O–H groups in total. The number of methoxy groups -OCH3 is 1. The molecule has 4 heteroatoms. The molecule has 1 unspecified atom stereocenters. The van der Waals surface area contributed by atoms with Crippen LogP contribution in [-0.4, -0.2) is 34.4 Å². The molecule has 23 heavy (non-hydrogen) atoms. The fourth-order valence-corrected chi connectivity index (χ4v) is 5.92. The van der Waals surface area contributed by atoms with Crippen LogP contribution in [0.4, 0.5) is 0 Å². The van der Waals surface area contributed by atoms with Crippen molar-refractivity contribution in [1.82, 2.24) is 0 Å². The molecule has 3 rings (SSSR count). The Hall–Kier alpha value is -1.46. The Morgan fingerprint density at radius 1 is 0.957 bits per heavy atom. The van der Waals surface area contributed by atoms with Crippen molar-refractivity contribution in [2.45, 2.75) is 31.8 Å². The van der Waals surface area contributed by atoms with Crippen LogP contribution in [0.15, 0.2) is 60.7 Å². The molecule has 1 saturated heterocycles. The summed E-state index contributed by atoms with van der Waals surface area (Å²) in [5, 5.41) is 2.57. The summed E-state index contributed by atoms with van der Waals surface area (Å²) in [6.07, 6.45) is 1.98. The molecule has 2 atom stereocenters. The normalized spacial score (nSPS) is 21.5. The Kier molecular flexibility index (Phi) is 5.28. The van der Waals surface area contributed by atoms with Crippen LogP contribution in [0.3, 0.4) is 0 Å². The number of hydrogen-bond acceptors (Lipinski definition) is 3. The van der Waals surface area contributed by atoms with Crippen molar-refractivity contribution in [2.24, 2.45) is 0 Å². The molecular formula is C19H24O3Si. The van der Waals surface area contributed by atoms with Crippen LogP contribution in [0.2, 0.25) is 6.55 Å². The monoisotopic (exact) mass is 328 g/mol. The van der Waals surface area contributed by atoms with Gasteiger partial charge in [-0.2, -0.15) is 0 Å². The lowest BCUT2D eigenvalue weighted by Crippen LogP contribution is -2.59. The van der Waals surface area contributed by atoms with E-state index in [0.717, 1.165) is 12.8 Å². The first-order valence-electron chi connectivity index (χ1n) is 8.15. The fourth-order valence-electron chi connectivity index (χ4n) is 3.07. The van der Waals surface area contributed by atoms with Crippen LogP contribution in [0, 0.1) is 0 Å². The minimum absolute atomic E-state index is 0.0787. The molecule has 0 radical (unpaired) electrons. The van der Waals surface area contributed by atoms with Crippen LogP contribution in [0.25, 0.3) is 0 Å². The maximum Gasteiger partial charge on any atom is 0.252 e. The third kappa shape index (κ3) is 3.72. The Bertz CT molecular complexity index is 563. The summed E-state index contributed by atoms with van der Waals surface area (Å²) in [5.41, 5.74) is 0. The van der Waals surface area contributed by atoms with Gasteiger partial charge in [-0.25, -0.2) is 0 Å². The summed E-state index contributed by atoms with van der Waals surface area (Å²) in [5.74, 6) is 0. The van der Waals surface area contributed by atoms with Gasteiger partial charge in [-0.1, -0.05) is 60.7 Å². The minimum atomic E-state index is -2.22. The fraction of sp³-hybridized carbons (Fsp3) is 0.368. The van der Waals surface area contributed by atoms with Crippen molar-refractivity contribution in [3.8, 4) is 0 Å². The van der Waals surface area contributed by atoms with E-state index in [-0.39, 0.29) is 12.4 Å². The number of ether oxygens (including phenoxy) is 2. The molecule has 122 valence electrons. The maximum atomic E-state index is 6.54. The van der Waals surface area contributed by atoms with E-state index in [1.165, 1.54) is 10.4 Å². The van der Waals surface area contributed by atoms with Gasteiger partial charge in [0.1, 0.15) is 0 Å². The third-order valence-electron chi connectivity index (χ3n) is 4.54. The highest BCUT2D eigenvalue weighted by atomic mass is 28.4. The maximum absolute atomic E-state index is 6.54. The molecule has 3 nitrogen and oxygen atoms in total. The summed E-state index contributed by atoms with van der Waals surface area (Å²) in [6, 6.07) is 21.1. The van der Waals surface area contributed by atoms with Gasteiger partial charge in [0.05, 0.1) is 12.7 Å². The molecule has 0 aromatic heterocycles. The van der Waals surface area contributed by atoms with Crippen LogP contribution in [0.1, 0.15) is 12.8 Å². The zero-order valence-electron chi connectivity index (χ0n) is 13.8.